The van der Waals surface area contributed by atoms with E-state index in [4.69, 9.17) is 11.1 Å². The molecule has 0 atom stereocenters. The molecule has 0 unspecified atom stereocenters. The molecule has 2 nitrogen and oxygen atoms in total. The maximum absolute atomic E-state index is 6.48. The van der Waals surface area contributed by atoms with Gasteiger partial charge in [-0.3, -0.25) is 5.41 Å². The quantitative estimate of drug-likeness (QED) is 0.330. The van der Waals surface area contributed by atoms with Crippen molar-refractivity contribution in [3.05, 3.63) is 0 Å². The van der Waals surface area contributed by atoms with Crippen molar-refractivity contribution < 1.29 is 0 Å². The molecule has 0 saturated carbocycles. The lowest BCUT2D eigenvalue weighted by Crippen LogP contribution is -2.01. The van der Waals surface area contributed by atoms with Crippen molar-refractivity contribution in [1.29, 1.82) is 5.41 Å². The number of thioether (sulfide) groups is 1. The lowest BCUT2D eigenvalue weighted by atomic mass is 11.0. The Kier molecular flexibility index (Phi) is 2.01. The van der Waals surface area contributed by atoms with Crippen LogP contribution in [0.25, 0.3) is 0 Å². The maximum atomic E-state index is 6.48. The molecule has 3 heteroatoms. The van der Waals surface area contributed by atoms with Crippen LogP contribution in [0.1, 0.15) is 0 Å². The predicted molar refractivity (Wildman–Crippen MR) is 25.4 cm³/mol. The predicted octanol–water partition coefficient (Wildman–Crippen LogP) is 0.243. The van der Waals surface area contributed by atoms with E-state index in [9.17, 15) is 0 Å². The van der Waals surface area contributed by atoms with E-state index in [2.05, 4.69) is 0 Å². The zero-order valence-corrected chi connectivity index (χ0v) is 3.80. The highest BCUT2D eigenvalue weighted by Crippen LogP contribution is 1.83. The van der Waals surface area contributed by atoms with Gasteiger partial charge in [-0.15, -0.1) is 0 Å². The second-order valence-corrected chi connectivity index (χ2v) is 1.42. The summed E-state index contributed by atoms with van der Waals surface area (Å²) in [5, 5.41) is 6.66. The van der Waals surface area contributed by atoms with Crippen LogP contribution in [0.15, 0.2) is 0 Å². The number of hydrogen-bond donors (Lipinski definition) is 2. The molecular weight excluding hydrogens is 83.1 g/mol. The largest absolute Gasteiger partial charge is 0.379 e. The highest BCUT2D eigenvalue weighted by atomic mass is 32.2. The van der Waals surface area contributed by atoms with Crippen molar-refractivity contribution in [1.82, 2.24) is 0 Å². The molecular formula is C2H6N2S. The monoisotopic (exact) mass is 89.0 g/mol. The maximum Gasteiger partial charge on any atom is 0.150 e. The number of nitrogens with two attached hydrogens (primary N) is 1. The molecule has 0 heterocycles. The zero-order valence-electron chi connectivity index (χ0n) is 2.99. The number of hydrogen-bond acceptors (Lipinski definition) is 2. The molecule has 0 aromatic heterocycles. The molecule has 0 saturated heterocycles. The summed E-state index contributed by atoms with van der Waals surface area (Å²) < 4.78 is 0. The van der Waals surface area contributed by atoms with E-state index in [1.807, 2.05) is 0 Å². The fourth-order valence-electron chi connectivity index (χ4n) is 0. The van der Waals surface area contributed by atoms with Crippen molar-refractivity contribution in [3.8, 4) is 0 Å². The van der Waals surface area contributed by atoms with Crippen LogP contribution >= 0.6 is 11.8 Å². The van der Waals surface area contributed by atoms with Crippen LogP contribution in [0.4, 0.5) is 0 Å². The summed E-state index contributed by atoms with van der Waals surface area (Å²) in [5.74, 6) is 0. The third-order valence-corrected chi connectivity index (χ3v) is 0.660. The Morgan fingerprint density at radius 1 is 2.00 bits per heavy atom. The Labute approximate surface area is 35.3 Å². The van der Waals surface area contributed by atoms with Gasteiger partial charge >= 0.3 is 0 Å². The molecule has 3 N–H and O–H groups in total. The van der Waals surface area contributed by atoms with E-state index in [1.54, 1.807) is 6.26 Å². The van der Waals surface area contributed by atoms with E-state index in [0.717, 1.165) is 0 Å². The topological polar surface area (TPSA) is 49.9 Å². The van der Waals surface area contributed by atoms with Gasteiger partial charge in [-0.2, -0.15) is 0 Å². The second kappa shape index (κ2) is 2.08. The van der Waals surface area contributed by atoms with E-state index in [1.165, 1.54) is 11.8 Å². The molecule has 0 fully saturated rings. The van der Waals surface area contributed by atoms with E-state index < -0.39 is 0 Å². The van der Waals surface area contributed by atoms with E-state index in [0.29, 0.717) is 0 Å². The van der Waals surface area contributed by atoms with Crippen molar-refractivity contribution in [2.45, 2.75) is 0 Å². The summed E-state index contributed by atoms with van der Waals surface area (Å²) in [4.78, 5) is 0. The molecule has 0 aromatic rings. The van der Waals surface area contributed by atoms with Crippen LogP contribution in [0.2, 0.25) is 0 Å². The van der Waals surface area contributed by atoms with Crippen LogP contribution in [-0.2, 0) is 0 Å². The van der Waals surface area contributed by atoms with Crippen molar-refractivity contribution >= 4 is 16.9 Å². The minimum absolute atomic E-state index is 0.171. The summed E-state index contributed by atoms with van der Waals surface area (Å²) in [6.07, 6.45) is 1.77. The van der Waals surface area contributed by atoms with Gasteiger partial charge in [0.2, 0.25) is 0 Å². The van der Waals surface area contributed by atoms with E-state index in [-0.39, 0.29) is 5.17 Å². The van der Waals surface area contributed by atoms with Gasteiger partial charge in [0, 0.05) is 0 Å². The molecule has 0 aliphatic heterocycles. The molecule has 0 spiro atoms. The lowest BCUT2D eigenvalue weighted by Gasteiger charge is -1.78. The Bertz CT molecular complexity index is 42.9. The number of rotatable bonds is 0. The van der Waals surface area contributed by atoms with Gasteiger partial charge in [0.25, 0.3) is 0 Å². The first-order chi connectivity index (χ1) is 2.27. The summed E-state index contributed by atoms with van der Waals surface area (Å²) in [7, 11) is 0. The Hall–Kier alpha value is -0.180. The first-order valence-corrected chi connectivity index (χ1v) is 2.38. The molecule has 0 bridgehead atoms. The minimum atomic E-state index is 0.171. The summed E-state index contributed by atoms with van der Waals surface area (Å²) in [6.45, 7) is 0. The second-order valence-electron chi connectivity index (χ2n) is 0.568. The van der Waals surface area contributed by atoms with Gasteiger partial charge in [-0.1, -0.05) is 11.8 Å². The smallest absolute Gasteiger partial charge is 0.150 e. The van der Waals surface area contributed by atoms with Gasteiger partial charge in [-0.05, 0) is 6.26 Å². The minimum Gasteiger partial charge on any atom is -0.379 e. The molecule has 0 aliphatic rings. The first kappa shape index (κ1) is 4.82. The summed E-state index contributed by atoms with van der Waals surface area (Å²) in [6, 6.07) is 0. The molecule has 0 aromatic carbocycles. The van der Waals surface area contributed by atoms with E-state index >= 15 is 0 Å². The highest BCUT2D eigenvalue weighted by molar-refractivity contribution is 8.13. The SMILES string of the molecule is [11CH3]SC(=N)N. The van der Waals surface area contributed by atoms with Gasteiger partial charge in [0.15, 0.2) is 5.17 Å². The highest BCUT2D eigenvalue weighted by Gasteiger charge is 1.71. The van der Waals surface area contributed by atoms with Gasteiger partial charge in [-0.25, -0.2) is 0 Å². The number of nitrogens with one attached hydrogen (secondary N) is 1. The molecule has 0 radical (unpaired) electrons. The fraction of sp³-hybridized carbons (Fsp3) is 0.500. The van der Waals surface area contributed by atoms with Gasteiger partial charge < -0.3 is 5.73 Å². The van der Waals surface area contributed by atoms with Crippen LogP contribution in [-0.4, -0.2) is 11.4 Å². The standard InChI is InChI=1S/C2H6N2S/c1-5-2(3)4/h1H3,(H3,3,4)/i1-1. The normalized spacial score (nSPS) is 7.40. The van der Waals surface area contributed by atoms with Crippen LogP contribution < -0.4 is 5.73 Å². The van der Waals surface area contributed by atoms with Crippen LogP contribution in [0.3, 0.4) is 0 Å². The third kappa shape index (κ3) is 3.82. The Morgan fingerprint density at radius 3 is 2.20 bits per heavy atom. The molecule has 30 valence electrons. The van der Waals surface area contributed by atoms with Crippen molar-refractivity contribution in [2.75, 3.05) is 6.26 Å². The lowest BCUT2D eigenvalue weighted by molar-refractivity contribution is 1.51. The molecule has 0 rings (SSSR count). The van der Waals surface area contributed by atoms with Gasteiger partial charge in [0.1, 0.15) is 0 Å². The van der Waals surface area contributed by atoms with Crippen LogP contribution in [0.5, 0.6) is 0 Å². The van der Waals surface area contributed by atoms with Crippen molar-refractivity contribution in [3.63, 3.8) is 0 Å². The average molecular weight is 89.2 g/mol. The Balaban J connectivity index is 2.85. The molecule has 0 amide bonds. The third-order valence-electron chi connectivity index (χ3n) is 0.220. The van der Waals surface area contributed by atoms with Crippen LogP contribution in [0, 0.1) is 5.41 Å². The number of amidine groups is 1. The van der Waals surface area contributed by atoms with Crippen molar-refractivity contribution in [2.24, 2.45) is 5.73 Å². The fourth-order valence-corrected chi connectivity index (χ4v) is 0. The summed E-state index contributed by atoms with van der Waals surface area (Å²) in [5.41, 5.74) is 4.84. The van der Waals surface area contributed by atoms with Gasteiger partial charge in [0.05, 0.1) is 0 Å². The first-order valence-electron chi connectivity index (χ1n) is 1.15. The summed E-state index contributed by atoms with van der Waals surface area (Å²) >= 11 is 1.24. The Morgan fingerprint density at radius 2 is 2.20 bits per heavy atom. The molecule has 5 heavy (non-hydrogen) atoms. The zero-order chi connectivity index (χ0) is 4.28. The average Bonchev–Trinajstić information content (AvgIpc) is 1.38. The molecule has 0 aliphatic carbocycles.